The van der Waals surface area contributed by atoms with Crippen LogP contribution in [-0.2, 0) is 21.4 Å². The average Bonchev–Trinajstić information content (AvgIpc) is 3.62. The van der Waals surface area contributed by atoms with Crippen LogP contribution in [0, 0.1) is 11.8 Å². The van der Waals surface area contributed by atoms with Crippen molar-refractivity contribution >= 4 is 11.7 Å². The van der Waals surface area contributed by atoms with Crippen LogP contribution in [0.5, 0.6) is 5.75 Å². The van der Waals surface area contributed by atoms with Crippen LogP contribution in [0.25, 0.3) is 0 Å². The van der Waals surface area contributed by atoms with Gasteiger partial charge in [-0.05, 0) is 80.7 Å². The van der Waals surface area contributed by atoms with E-state index in [0.717, 1.165) is 24.2 Å². The van der Waals surface area contributed by atoms with Crippen molar-refractivity contribution in [2.75, 3.05) is 26.2 Å². The number of Topliss-reactive ketones (excluding diaryl/α,β-unsaturated/α-hetero) is 1. The molecule has 4 fully saturated rings. The topological polar surface area (TPSA) is 101 Å². The van der Waals surface area contributed by atoms with E-state index in [2.05, 4.69) is 4.90 Å². The number of phenolic OH excluding ortho intramolecular Hbond substituents is 1. The molecule has 1 aromatic carbocycles. The molecule has 0 spiro atoms. The number of aliphatic hydroxyl groups is 2. The minimum atomic E-state index is -1.10. The van der Waals surface area contributed by atoms with Crippen LogP contribution in [0.1, 0.15) is 62.5 Å². The Labute approximate surface area is 200 Å². The molecular formula is C27H36N2O5. The van der Waals surface area contributed by atoms with E-state index in [1.807, 2.05) is 6.07 Å². The molecule has 5 aliphatic rings. The fraction of sp³-hybridized carbons (Fsp3) is 0.704. The van der Waals surface area contributed by atoms with E-state index in [-0.39, 0.29) is 42.4 Å². The first-order chi connectivity index (χ1) is 16.3. The number of ketones is 1. The third kappa shape index (κ3) is 3.50. The first kappa shape index (κ1) is 22.5. The van der Waals surface area contributed by atoms with E-state index in [9.17, 15) is 24.9 Å². The Morgan fingerprint density at radius 3 is 2.62 bits per heavy atom. The molecule has 0 aromatic heterocycles. The lowest BCUT2D eigenvalue weighted by atomic mass is 9.47. The number of carbonyl (C=O) groups is 2. The van der Waals surface area contributed by atoms with Gasteiger partial charge in [-0.2, -0.15) is 0 Å². The van der Waals surface area contributed by atoms with E-state index < -0.39 is 16.9 Å². The van der Waals surface area contributed by atoms with Crippen LogP contribution < -0.4 is 0 Å². The van der Waals surface area contributed by atoms with Gasteiger partial charge >= 0.3 is 0 Å². The summed E-state index contributed by atoms with van der Waals surface area (Å²) in [6, 6.07) is 5.37. The summed E-state index contributed by atoms with van der Waals surface area (Å²) in [4.78, 5) is 30.8. The molecule has 0 unspecified atom stereocenters. The zero-order chi connectivity index (χ0) is 23.7. The van der Waals surface area contributed by atoms with E-state index in [1.54, 1.807) is 17.0 Å². The molecule has 2 bridgehead atoms. The van der Waals surface area contributed by atoms with Crippen LogP contribution in [0.4, 0.5) is 0 Å². The van der Waals surface area contributed by atoms with Gasteiger partial charge < -0.3 is 20.2 Å². The molecule has 7 heteroatoms. The Morgan fingerprint density at radius 2 is 1.88 bits per heavy atom. The smallest absolute Gasteiger partial charge is 0.223 e. The van der Waals surface area contributed by atoms with Gasteiger partial charge in [0.2, 0.25) is 5.91 Å². The Kier molecular flexibility index (Phi) is 5.32. The maximum absolute atomic E-state index is 13.5. The minimum Gasteiger partial charge on any atom is -0.508 e. The van der Waals surface area contributed by atoms with Gasteiger partial charge in [0.15, 0.2) is 0 Å². The Bertz CT molecular complexity index is 1000. The number of piperidine rings is 2. The second kappa shape index (κ2) is 8.04. The quantitative estimate of drug-likeness (QED) is 0.623. The third-order valence-electron chi connectivity index (χ3n) is 9.59. The second-order valence-electron chi connectivity index (χ2n) is 11.6. The highest BCUT2D eigenvalue weighted by molar-refractivity contribution is 5.89. The molecule has 184 valence electrons. The van der Waals surface area contributed by atoms with Crippen molar-refractivity contribution in [1.29, 1.82) is 0 Å². The summed E-state index contributed by atoms with van der Waals surface area (Å²) in [6.45, 7) is 2.90. The monoisotopic (exact) mass is 468 g/mol. The number of hydrogen-bond acceptors (Lipinski definition) is 6. The number of amides is 1. The van der Waals surface area contributed by atoms with E-state index in [0.29, 0.717) is 51.1 Å². The predicted octanol–water partition coefficient (Wildman–Crippen LogP) is 1.75. The molecule has 4 atom stereocenters. The maximum atomic E-state index is 13.5. The van der Waals surface area contributed by atoms with Crippen molar-refractivity contribution in [2.45, 2.75) is 80.9 Å². The molecule has 2 saturated heterocycles. The van der Waals surface area contributed by atoms with Gasteiger partial charge in [0.05, 0.1) is 11.7 Å². The molecule has 3 aliphatic carbocycles. The SMILES string of the molecule is O=C1C[C@]23CCN(CC4CC4)[C@H](Cc4ccc(O)cc42)[C@]3(O)C[C@@H]1CC(=O)N1CCC(O)CC1. The molecule has 2 aliphatic heterocycles. The maximum Gasteiger partial charge on any atom is 0.223 e. The van der Waals surface area contributed by atoms with Crippen molar-refractivity contribution in [1.82, 2.24) is 9.80 Å². The lowest BCUT2D eigenvalue weighted by molar-refractivity contribution is -0.183. The van der Waals surface area contributed by atoms with Gasteiger partial charge in [0.1, 0.15) is 11.5 Å². The Balaban J connectivity index is 1.31. The highest BCUT2D eigenvalue weighted by Gasteiger charge is 2.66. The van der Waals surface area contributed by atoms with E-state index in [4.69, 9.17) is 0 Å². The Hall–Kier alpha value is -1.96. The molecule has 3 N–H and O–H groups in total. The lowest BCUT2D eigenvalue weighted by Gasteiger charge is -2.64. The minimum absolute atomic E-state index is 0.0429. The number of aliphatic hydroxyl groups excluding tert-OH is 1. The van der Waals surface area contributed by atoms with Crippen molar-refractivity contribution in [3.05, 3.63) is 29.3 Å². The van der Waals surface area contributed by atoms with Gasteiger partial charge in [-0.3, -0.25) is 14.5 Å². The summed E-state index contributed by atoms with van der Waals surface area (Å²) in [6.07, 6.45) is 5.37. The second-order valence-corrected chi connectivity index (χ2v) is 11.6. The largest absolute Gasteiger partial charge is 0.508 e. The van der Waals surface area contributed by atoms with Crippen LogP contribution in [0.2, 0.25) is 0 Å². The number of benzene rings is 1. The molecule has 7 nitrogen and oxygen atoms in total. The molecule has 2 saturated carbocycles. The molecule has 1 amide bonds. The number of aromatic hydroxyl groups is 1. The number of nitrogens with zero attached hydrogens (tertiary/aromatic N) is 2. The molecular weight excluding hydrogens is 432 g/mol. The van der Waals surface area contributed by atoms with Crippen molar-refractivity contribution < 1.29 is 24.9 Å². The average molecular weight is 469 g/mol. The normalized spacial score (nSPS) is 36.2. The lowest BCUT2D eigenvalue weighted by Crippen LogP contribution is -2.74. The summed E-state index contributed by atoms with van der Waals surface area (Å²) >= 11 is 0. The summed E-state index contributed by atoms with van der Waals surface area (Å²) in [5.74, 6) is 0.403. The summed E-state index contributed by atoms with van der Waals surface area (Å²) in [7, 11) is 0. The van der Waals surface area contributed by atoms with Crippen LogP contribution in [-0.4, -0.2) is 80.7 Å². The highest BCUT2D eigenvalue weighted by atomic mass is 16.3. The summed E-state index contributed by atoms with van der Waals surface area (Å²) < 4.78 is 0. The standard InChI is InChI=1S/C27H36N2O5/c30-20-5-8-28(9-6-20)25(33)12-19-14-27(34)24-11-18-3-4-21(31)13-22(18)26(27,15-23(19)32)7-10-29(24)16-17-1-2-17/h3-4,13,17,19-20,24,30-31,34H,1-2,5-12,14-16H2/t19-,24+,26+,27+/m0/s1. The predicted molar refractivity (Wildman–Crippen MR) is 125 cm³/mol. The fourth-order valence-electron chi connectivity index (χ4n) is 7.48. The fourth-order valence-corrected chi connectivity index (χ4v) is 7.48. The first-order valence-electron chi connectivity index (χ1n) is 13.1. The van der Waals surface area contributed by atoms with Gasteiger partial charge in [-0.25, -0.2) is 0 Å². The van der Waals surface area contributed by atoms with Gasteiger partial charge in [0, 0.05) is 49.9 Å². The van der Waals surface area contributed by atoms with Gasteiger partial charge in [-0.1, -0.05) is 6.07 Å². The summed E-state index contributed by atoms with van der Waals surface area (Å²) in [5, 5.41) is 32.6. The first-order valence-corrected chi connectivity index (χ1v) is 13.1. The number of phenols is 1. The molecule has 0 radical (unpaired) electrons. The van der Waals surface area contributed by atoms with Crippen LogP contribution in [0.3, 0.4) is 0 Å². The zero-order valence-electron chi connectivity index (χ0n) is 19.8. The van der Waals surface area contributed by atoms with E-state index >= 15 is 0 Å². The number of fused-ring (bicyclic) bond motifs is 1. The number of carbonyl (C=O) groups excluding carboxylic acids is 2. The molecule has 2 heterocycles. The molecule has 34 heavy (non-hydrogen) atoms. The summed E-state index contributed by atoms with van der Waals surface area (Å²) in [5.41, 5.74) is 0.260. The zero-order valence-corrected chi connectivity index (χ0v) is 19.8. The van der Waals surface area contributed by atoms with Crippen molar-refractivity contribution in [2.24, 2.45) is 11.8 Å². The van der Waals surface area contributed by atoms with Crippen molar-refractivity contribution in [3.8, 4) is 5.75 Å². The van der Waals surface area contributed by atoms with E-state index in [1.165, 1.54) is 12.8 Å². The molecule has 1 aromatic rings. The highest BCUT2D eigenvalue weighted by Crippen LogP contribution is 2.59. The third-order valence-corrected chi connectivity index (χ3v) is 9.59. The number of hydrogen-bond donors (Lipinski definition) is 3. The van der Waals surface area contributed by atoms with Crippen molar-refractivity contribution in [3.63, 3.8) is 0 Å². The van der Waals surface area contributed by atoms with Gasteiger partial charge in [-0.15, -0.1) is 0 Å². The number of rotatable bonds is 4. The van der Waals surface area contributed by atoms with Crippen LogP contribution >= 0.6 is 0 Å². The Morgan fingerprint density at radius 1 is 1.12 bits per heavy atom. The van der Waals surface area contributed by atoms with Crippen LogP contribution in [0.15, 0.2) is 18.2 Å². The van der Waals surface area contributed by atoms with Gasteiger partial charge in [0.25, 0.3) is 0 Å². The molecule has 6 rings (SSSR count). The number of likely N-dealkylation sites (tertiary alicyclic amines) is 2.